The lowest BCUT2D eigenvalue weighted by molar-refractivity contribution is 0.706. The third-order valence-electron chi connectivity index (χ3n) is 1.68. The van der Waals surface area contributed by atoms with Crippen molar-refractivity contribution in [3.05, 3.63) is 30.3 Å². The zero-order valence-corrected chi connectivity index (χ0v) is 6.25. The molecule has 2 rings (SSSR count). The average molecular weight is 149 g/mol. The fourth-order valence-electron chi connectivity index (χ4n) is 1.15. The Morgan fingerprint density at radius 1 is 1.00 bits per heavy atom. The van der Waals surface area contributed by atoms with Gasteiger partial charge in [-0.1, -0.05) is 18.2 Å². The number of hydrogen-bond acceptors (Lipinski definition) is 3. The van der Waals surface area contributed by atoms with E-state index in [0.717, 1.165) is 18.8 Å². The highest BCUT2D eigenvalue weighted by Crippen LogP contribution is 2.09. The lowest BCUT2D eigenvalue weighted by Gasteiger charge is -2.16. The van der Waals surface area contributed by atoms with E-state index in [1.165, 1.54) is 0 Å². The Bertz CT molecular complexity index is 216. The van der Waals surface area contributed by atoms with Crippen molar-refractivity contribution in [3.8, 4) is 0 Å². The van der Waals surface area contributed by atoms with Crippen LogP contribution in [0.2, 0.25) is 0 Å². The van der Waals surface area contributed by atoms with Crippen molar-refractivity contribution >= 4 is 5.69 Å². The first-order valence-electron chi connectivity index (χ1n) is 3.79. The van der Waals surface area contributed by atoms with Crippen LogP contribution >= 0.6 is 0 Å². The molecule has 58 valence electrons. The number of rotatable bonds is 1. The summed E-state index contributed by atoms with van der Waals surface area (Å²) in [5, 5.41) is 1.94. The lowest BCUT2D eigenvalue weighted by atomic mass is 10.3. The summed E-state index contributed by atoms with van der Waals surface area (Å²) in [5.41, 5.74) is 7.55. The molecule has 1 aromatic rings. The topological polar surface area (TPSA) is 27.3 Å². The van der Waals surface area contributed by atoms with Crippen LogP contribution in [0.15, 0.2) is 30.3 Å². The second-order valence-corrected chi connectivity index (χ2v) is 2.49. The Kier molecular flexibility index (Phi) is 1.75. The molecule has 1 saturated heterocycles. The molecule has 0 aliphatic carbocycles. The van der Waals surface area contributed by atoms with E-state index in [1.807, 2.05) is 23.3 Å². The van der Waals surface area contributed by atoms with Gasteiger partial charge in [-0.05, 0) is 12.1 Å². The minimum atomic E-state index is 0.995. The average Bonchev–Trinajstić information content (AvgIpc) is 2.58. The van der Waals surface area contributed by atoms with Gasteiger partial charge >= 0.3 is 0 Å². The van der Waals surface area contributed by atoms with Crippen LogP contribution in [0.25, 0.3) is 0 Å². The summed E-state index contributed by atoms with van der Waals surface area (Å²) >= 11 is 0. The predicted molar refractivity (Wildman–Crippen MR) is 44.9 cm³/mol. The van der Waals surface area contributed by atoms with Crippen LogP contribution in [-0.2, 0) is 0 Å². The highest BCUT2D eigenvalue weighted by Gasteiger charge is 2.08. The van der Waals surface area contributed by atoms with Crippen LogP contribution in [0.1, 0.15) is 0 Å². The highest BCUT2D eigenvalue weighted by atomic mass is 15.8. The Hall–Kier alpha value is -1.06. The zero-order chi connectivity index (χ0) is 7.52. The molecule has 1 aliphatic heterocycles. The Balaban J connectivity index is 2.16. The summed E-state index contributed by atoms with van der Waals surface area (Å²) in [7, 11) is 0. The van der Waals surface area contributed by atoms with Gasteiger partial charge in [-0.25, -0.2) is 16.0 Å². The lowest BCUT2D eigenvalue weighted by Crippen LogP contribution is -2.37. The molecule has 2 N–H and O–H groups in total. The first kappa shape index (κ1) is 6.64. The second kappa shape index (κ2) is 2.90. The molecule has 0 unspecified atom stereocenters. The van der Waals surface area contributed by atoms with Gasteiger partial charge < -0.3 is 0 Å². The van der Waals surface area contributed by atoms with Gasteiger partial charge in [-0.15, -0.1) is 0 Å². The molecule has 1 aromatic carbocycles. The van der Waals surface area contributed by atoms with E-state index in [4.69, 9.17) is 0 Å². The standard InChI is InChI=1S/C8H11N3/c1-2-4-8(5-3-1)11-9-6-7-10-11/h1-5,9-10H,6-7H2. The number of anilines is 1. The molecule has 1 aliphatic rings. The summed E-state index contributed by atoms with van der Waals surface area (Å²) in [5.74, 6) is 0. The van der Waals surface area contributed by atoms with Gasteiger partial charge in [0.25, 0.3) is 0 Å². The molecule has 3 heteroatoms. The first-order valence-corrected chi connectivity index (χ1v) is 3.79. The molecule has 3 nitrogen and oxygen atoms in total. The minimum absolute atomic E-state index is 0.995. The molecule has 0 amide bonds. The number of benzene rings is 1. The summed E-state index contributed by atoms with van der Waals surface area (Å²) in [6, 6.07) is 10.2. The SMILES string of the molecule is c1ccc(N2NCCN2)cc1. The minimum Gasteiger partial charge on any atom is -0.242 e. The summed E-state index contributed by atoms with van der Waals surface area (Å²) < 4.78 is 0. The molecule has 0 aromatic heterocycles. The fourth-order valence-corrected chi connectivity index (χ4v) is 1.15. The van der Waals surface area contributed by atoms with Crippen molar-refractivity contribution < 1.29 is 0 Å². The van der Waals surface area contributed by atoms with E-state index in [2.05, 4.69) is 23.0 Å². The van der Waals surface area contributed by atoms with Crippen LogP contribution in [0.5, 0.6) is 0 Å². The number of para-hydroxylation sites is 1. The third kappa shape index (κ3) is 1.34. The van der Waals surface area contributed by atoms with E-state index in [1.54, 1.807) is 0 Å². The molecule has 0 spiro atoms. The molecule has 11 heavy (non-hydrogen) atoms. The van der Waals surface area contributed by atoms with Gasteiger partial charge in [0.2, 0.25) is 0 Å². The van der Waals surface area contributed by atoms with Crippen LogP contribution in [-0.4, -0.2) is 13.1 Å². The summed E-state index contributed by atoms with van der Waals surface area (Å²) in [6.45, 7) is 1.99. The van der Waals surface area contributed by atoms with Crippen LogP contribution in [0.4, 0.5) is 5.69 Å². The highest BCUT2D eigenvalue weighted by molar-refractivity contribution is 5.43. The van der Waals surface area contributed by atoms with Gasteiger partial charge in [-0.2, -0.15) is 0 Å². The molecule has 1 heterocycles. The fraction of sp³-hybridized carbons (Fsp3) is 0.250. The maximum absolute atomic E-state index is 3.20. The molecule has 1 fully saturated rings. The molecule has 0 atom stereocenters. The van der Waals surface area contributed by atoms with Crippen LogP contribution < -0.4 is 16.0 Å². The van der Waals surface area contributed by atoms with Crippen LogP contribution in [0.3, 0.4) is 0 Å². The number of nitrogens with one attached hydrogen (secondary N) is 2. The Morgan fingerprint density at radius 2 is 1.64 bits per heavy atom. The van der Waals surface area contributed by atoms with Crippen molar-refractivity contribution in [1.82, 2.24) is 10.9 Å². The van der Waals surface area contributed by atoms with E-state index >= 15 is 0 Å². The smallest absolute Gasteiger partial charge is 0.0702 e. The summed E-state index contributed by atoms with van der Waals surface area (Å²) in [4.78, 5) is 0. The van der Waals surface area contributed by atoms with Crippen molar-refractivity contribution in [1.29, 1.82) is 0 Å². The summed E-state index contributed by atoms with van der Waals surface area (Å²) in [6.07, 6.45) is 0. The zero-order valence-electron chi connectivity index (χ0n) is 6.25. The third-order valence-corrected chi connectivity index (χ3v) is 1.68. The number of hydrogen-bond donors (Lipinski definition) is 2. The normalized spacial score (nSPS) is 17.3. The number of hydrazine groups is 2. The van der Waals surface area contributed by atoms with Gasteiger partial charge in [0, 0.05) is 13.1 Å². The van der Waals surface area contributed by atoms with Crippen molar-refractivity contribution in [2.24, 2.45) is 0 Å². The molecular formula is C8H11N3. The monoisotopic (exact) mass is 149 g/mol. The largest absolute Gasteiger partial charge is 0.242 e. The predicted octanol–water partition coefficient (Wildman–Crippen LogP) is 0.516. The molecule has 0 radical (unpaired) electrons. The van der Waals surface area contributed by atoms with Gasteiger partial charge in [-0.3, -0.25) is 0 Å². The van der Waals surface area contributed by atoms with E-state index < -0.39 is 0 Å². The Labute approximate surface area is 66.0 Å². The van der Waals surface area contributed by atoms with Gasteiger partial charge in [0.1, 0.15) is 0 Å². The first-order chi connectivity index (χ1) is 5.47. The van der Waals surface area contributed by atoms with E-state index in [0.29, 0.717) is 0 Å². The van der Waals surface area contributed by atoms with Crippen molar-refractivity contribution in [3.63, 3.8) is 0 Å². The molecular weight excluding hydrogens is 138 g/mol. The van der Waals surface area contributed by atoms with Gasteiger partial charge in [0.05, 0.1) is 5.69 Å². The maximum Gasteiger partial charge on any atom is 0.0702 e. The van der Waals surface area contributed by atoms with Gasteiger partial charge in [0.15, 0.2) is 0 Å². The number of nitrogens with zero attached hydrogens (tertiary/aromatic N) is 1. The van der Waals surface area contributed by atoms with E-state index in [9.17, 15) is 0 Å². The van der Waals surface area contributed by atoms with Crippen molar-refractivity contribution in [2.45, 2.75) is 0 Å². The second-order valence-electron chi connectivity index (χ2n) is 2.49. The van der Waals surface area contributed by atoms with E-state index in [-0.39, 0.29) is 0 Å². The Morgan fingerprint density at radius 3 is 2.27 bits per heavy atom. The molecule has 0 saturated carbocycles. The van der Waals surface area contributed by atoms with Crippen molar-refractivity contribution in [2.75, 3.05) is 18.2 Å². The quantitative estimate of drug-likeness (QED) is 0.609. The maximum atomic E-state index is 3.20. The molecule has 0 bridgehead atoms. The van der Waals surface area contributed by atoms with Crippen LogP contribution in [0, 0.1) is 0 Å².